The summed E-state index contributed by atoms with van der Waals surface area (Å²) in [6.07, 6.45) is 10.6. The van der Waals surface area contributed by atoms with Crippen molar-refractivity contribution in [2.75, 3.05) is 31.6 Å². The summed E-state index contributed by atoms with van der Waals surface area (Å²) in [5.74, 6) is 2.15. The van der Waals surface area contributed by atoms with Crippen LogP contribution in [0, 0.1) is 5.92 Å². The Bertz CT molecular complexity index is 978. The van der Waals surface area contributed by atoms with Gasteiger partial charge in [0.1, 0.15) is 0 Å². The molecular weight excluding hydrogens is 569 g/mol. The molecule has 1 unspecified atom stereocenters. The van der Waals surface area contributed by atoms with Crippen LogP contribution in [0.3, 0.4) is 0 Å². The molecule has 0 amide bonds. The van der Waals surface area contributed by atoms with Gasteiger partial charge < -0.3 is 5.11 Å². The third-order valence-corrected chi connectivity index (χ3v) is 7.16. The standard InChI is InChI=1S/C22H27N6O.Tl/c1-2-17-11-19(12-18-4-7-27(15-18)9-10-29)14-20(13-17)25-22-24-5-3-21(26-22)28-8-6-23-16-28;/h5-6,8,11,13-14,16,18,29H,2,4,7,9-10,12,15H2,1H3,(H,24,25,26);. The fourth-order valence-electron chi connectivity index (χ4n) is 4.08. The molecule has 7 nitrogen and oxygen atoms in total. The first-order valence-corrected chi connectivity index (χ1v) is 12.7. The quantitative estimate of drug-likeness (QED) is 0.386. The minimum absolute atomic E-state index is 0.243. The summed E-state index contributed by atoms with van der Waals surface area (Å²) >= 11 is 0.647. The topological polar surface area (TPSA) is 79.1 Å². The second kappa shape index (κ2) is 9.97. The number of aryl methyl sites for hydroxylation is 1. The molecule has 3 aromatic rings. The van der Waals surface area contributed by atoms with Crippen molar-refractivity contribution in [3.63, 3.8) is 0 Å². The molecule has 154 valence electrons. The average molecular weight is 596 g/mol. The van der Waals surface area contributed by atoms with Crippen LogP contribution in [-0.4, -0.2) is 81.5 Å². The van der Waals surface area contributed by atoms with Crippen molar-refractivity contribution in [2.24, 2.45) is 5.92 Å². The zero-order chi connectivity index (χ0) is 20.9. The van der Waals surface area contributed by atoms with Gasteiger partial charge in [0.2, 0.25) is 0 Å². The van der Waals surface area contributed by atoms with Crippen molar-refractivity contribution in [3.8, 4) is 5.82 Å². The van der Waals surface area contributed by atoms with E-state index in [9.17, 15) is 5.11 Å². The molecule has 30 heavy (non-hydrogen) atoms. The van der Waals surface area contributed by atoms with E-state index in [0.29, 0.717) is 37.6 Å². The number of hydrogen-bond acceptors (Lipinski definition) is 6. The Morgan fingerprint density at radius 1 is 1.27 bits per heavy atom. The summed E-state index contributed by atoms with van der Waals surface area (Å²) in [5, 5.41) is 12.6. The summed E-state index contributed by atoms with van der Waals surface area (Å²) in [5.41, 5.74) is 3.70. The number of hydrogen-bond donors (Lipinski definition) is 2. The Morgan fingerprint density at radius 2 is 2.13 bits per heavy atom. The van der Waals surface area contributed by atoms with Crippen molar-refractivity contribution in [2.45, 2.75) is 26.2 Å². The Morgan fingerprint density at radius 3 is 2.90 bits per heavy atom. The summed E-state index contributed by atoms with van der Waals surface area (Å²) in [7, 11) is 0. The average Bonchev–Trinajstić information content (AvgIpc) is 3.42. The van der Waals surface area contributed by atoms with E-state index in [1.165, 1.54) is 17.5 Å². The zero-order valence-corrected chi connectivity index (χ0v) is 21.8. The summed E-state index contributed by atoms with van der Waals surface area (Å²) < 4.78 is 3.10. The van der Waals surface area contributed by atoms with E-state index in [1.807, 2.05) is 17.0 Å². The van der Waals surface area contributed by atoms with Gasteiger partial charge in [-0.15, -0.1) is 0 Å². The Kier molecular flexibility index (Phi) is 7.11. The van der Waals surface area contributed by atoms with Gasteiger partial charge >= 0.3 is 176 Å². The van der Waals surface area contributed by atoms with E-state index in [0.717, 1.165) is 47.1 Å². The van der Waals surface area contributed by atoms with Gasteiger partial charge in [-0.05, 0) is 0 Å². The van der Waals surface area contributed by atoms with E-state index >= 15 is 0 Å². The van der Waals surface area contributed by atoms with Crippen LogP contribution >= 0.6 is 0 Å². The third kappa shape index (κ3) is 5.25. The summed E-state index contributed by atoms with van der Waals surface area (Å²) in [6.45, 7) is 5.37. The van der Waals surface area contributed by atoms with E-state index < -0.39 is 0 Å². The van der Waals surface area contributed by atoms with Gasteiger partial charge in [0.05, 0.1) is 6.61 Å². The molecule has 1 fully saturated rings. The molecule has 1 saturated heterocycles. The molecule has 0 aliphatic carbocycles. The second-order valence-corrected chi connectivity index (χ2v) is 10.3. The number of benzene rings is 1. The van der Waals surface area contributed by atoms with Crippen LogP contribution in [0.15, 0.2) is 43.1 Å². The number of imidazole rings is 1. The van der Waals surface area contributed by atoms with Crippen molar-refractivity contribution in [3.05, 3.63) is 54.2 Å². The van der Waals surface area contributed by atoms with Gasteiger partial charge in [-0.25, -0.2) is 0 Å². The fraction of sp³-hybridized carbons (Fsp3) is 0.409. The number of likely N-dealkylation sites (tertiary alicyclic amines) is 1. The zero-order valence-electron chi connectivity index (χ0n) is 17.3. The molecular formula is C22H27N6OTl. The van der Waals surface area contributed by atoms with E-state index in [2.05, 4.69) is 45.3 Å². The molecule has 0 saturated carbocycles. The molecule has 1 atom stereocenters. The van der Waals surface area contributed by atoms with Crippen molar-refractivity contribution in [1.82, 2.24) is 24.4 Å². The fourth-order valence-corrected chi connectivity index (χ4v) is 5.20. The van der Waals surface area contributed by atoms with Crippen LogP contribution < -0.4 is 8.44 Å². The molecule has 0 radical (unpaired) electrons. The number of aliphatic hydroxyl groups is 1. The Balaban J connectivity index is 1.52. The van der Waals surface area contributed by atoms with Gasteiger partial charge in [-0.1, -0.05) is 0 Å². The Labute approximate surface area is 193 Å². The SMILES string of the molecule is CCc1cc(CC2CCN(CCO)C2)cc(Nc2nc[c]([Tl])c(-n3ccnc3)n2)c1. The van der Waals surface area contributed by atoms with Crippen LogP contribution in [0.2, 0.25) is 0 Å². The number of aliphatic hydroxyl groups excluding tert-OH is 1. The van der Waals surface area contributed by atoms with Crippen LogP contribution in [0.1, 0.15) is 24.5 Å². The van der Waals surface area contributed by atoms with E-state index in [4.69, 9.17) is 4.98 Å². The number of anilines is 2. The first-order valence-electron chi connectivity index (χ1n) is 10.5. The van der Waals surface area contributed by atoms with E-state index in [-0.39, 0.29) is 6.61 Å². The molecule has 4 rings (SSSR count). The number of nitrogens with one attached hydrogen (secondary N) is 1. The third-order valence-electron chi connectivity index (χ3n) is 5.57. The van der Waals surface area contributed by atoms with Gasteiger partial charge in [-0.2, -0.15) is 0 Å². The molecule has 3 heterocycles. The van der Waals surface area contributed by atoms with Crippen LogP contribution in [0.5, 0.6) is 0 Å². The van der Waals surface area contributed by atoms with Crippen molar-refractivity contribution < 1.29 is 5.11 Å². The molecule has 8 heteroatoms. The maximum absolute atomic E-state index is 9.18. The summed E-state index contributed by atoms with van der Waals surface area (Å²) in [6, 6.07) is 6.73. The molecule has 1 aromatic carbocycles. The summed E-state index contributed by atoms with van der Waals surface area (Å²) in [4.78, 5) is 15.8. The maximum atomic E-state index is 9.18. The van der Waals surface area contributed by atoms with Gasteiger partial charge in [-0.3, -0.25) is 0 Å². The van der Waals surface area contributed by atoms with Crippen LogP contribution in [-0.2, 0) is 12.8 Å². The number of β-amino-alcohol motifs (C(OH)–C–C–N with tert-alkyl or cyclic N) is 1. The van der Waals surface area contributed by atoms with Crippen molar-refractivity contribution >= 4 is 40.5 Å². The van der Waals surface area contributed by atoms with E-state index in [1.54, 1.807) is 12.5 Å². The Hall–Kier alpha value is -1.85. The van der Waals surface area contributed by atoms with Crippen LogP contribution in [0.25, 0.3) is 5.82 Å². The molecule has 1 aliphatic rings. The molecule has 0 spiro atoms. The predicted molar refractivity (Wildman–Crippen MR) is 119 cm³/mol. The molecule has 1 aliphatic heterocycles. The van der Waals surface area contributed by atoms with Gasteiger partial charge in [0, 0.05) is 6.54 Å². The molecule has 2 N–H and O–H groups in total. The predicted octanol–water partition coefficient (Wildman–Crippen LogP) is 1.62. The monoisotopic (exact) mass is 596 g/mol. The first-order chi connectivity index (χ1) is 14.6. The number of nitrogens with zero attached hydrogens (tertiary/aromatic N) is 5. The minimum atomic E-state index is 0.243. The molecule has 2 aromatic heterocycles. The number of aromatic nitrogens is 4. The normalized spacial score (nSPS) is 16.8. The van der Waals surface area contributed by atoms with Crippen molar-refractivity contribution in [1.29, 1.82) is 0 Å². The molecule has 0 bridgehead atoms. The first kappa shape index (κ1) is 21.4. The van der Waals surface area contributed by atoms with Gasteiger partial charge in [0.25, 0.3) is 0 Å². The van der Waals surface area contributed by atoms with Gasteiger partial charge in [0.15, 0.2) is 0 Å². The second-order valence-electron chi connectivity index (χ2n) is 7.84. The van der Waals surface area contributed by atoms with Crippen LogP contribution in [0.4, 0.5) is 11.6 Å². The number of rotatable bonds is 8.